The lowest BCUT2D eigenvalue weighted by Crippen LogP contribution is -2.44. The summed E-state index contributed by atoms with van der Waals surface area (Å²) in [5.41, 5.74) is -0.501. The maximum atomic E-state index is 13.8. The largest absolute Gasteiger partial charge is 0.444 e. The fourth-order valence-corrected chi connectivity index (χ4v) is 2.94. The molecule has 126 valence electrons. The standard InChI is InChI=1S/C18H24FNO3/c1-12(16(21)13-8-5-6-9-14(13)19)15-10-7-11-20(15)17(22)23-18(2,3)4/h5-6,8-9,12,15H,7,10-11H2,1-4H3. The Hall–Kier alpha value is -1.91. The molecule has 4 nitrogen and oxygen atoms in total. The van der Waals surface area contributed by atoms with Crippen molar-refractivity contribution in [2.45, 2.75) is 52.2 Å². The molecule has 23 heavy (non-hydrogen) atoms. The van der Waals surface area contributed by atoms with E-state index < -0.39 is 23.4 Å². The van der Waals surface area contributed by atoms with Gasteiger partial charge in [-0.3, -0.25) is 4.79 Å². The summed E-state index contributed by atoms with van der Waals surface area (Å²) in [6.07, 6.45) is 1.13. The topological polar surface area (TPSA) is 46.6 Å². The molecule has 0 spiro atoms. The molecule has 1 saturated heterocycles. The third-order valence-electron chi connectivity index (χ3n) is 4.06. The number of likely N-dealkylation sites (tertiary alicyclic amines) is 1. The van der Waals surface area contributed by atoms with E-state index in [1.165, 1.54) is 12.1 Å². The van der Waals surface area contributed by atoms with Crippen molar-refractivity contribution >= 4 is 11.9 Å². The van der Waals surface area contributed by atoms with Gasteiger partial charge in [-0.2, -0.15) is 0 Å². The summed E-state index contributed by atoms with van der Waals surface area (Å²) < 4.78 is 19.3. The van der Waals surface area contributed by atoms with Gasteiger partial charge in [-0.1, -0.05) is 19.1 Å². The van der Waals surface area contributed by atoms with Crippen LogP contribution in [-0.2, 0) is 4.74 Å². The molecule has 1 aromatic rings. The summed E-state index contributed by atoms with van der Waals surface area (Å²) >= 11 is 0. The summed E-state index contributed by atoms with van der Waals surface area (Å²) in [7, 11) is 0. The van der Waals surface area contributed by atoms with Gasteiger partial charge in [0.1, 0.15) is 11.4 Å². The quantitative estimate of drug-likeness (QED) is 0.789. The highest BCUT2D eigenvalue weighted by Crippen LogP contribution is 2.28. The second-order valence-electron chi connectivity index (χ2n) is 7.02. The Kier molecular flexibility index (Phi) is 5.07. The molecule has 5 heteroatoms. The number of hydrogen-bond acceptors (Lipinski definition) is 3. The lowest BCUT2D eigenvalue weighted by molar-refractivity contribution is 0.0188. The van der Waals surface area contributed by atoms with Crippen LogP contribution in [-0.4, -0.2) is 35.0 Å². The first kappa shape index (κ1) is 17.4. The first-order chi connectivity index (χ1) is 10.7. The predicted molar refractivity (Wildman–Crippen MR) is 85.9 cm³/mol. The molecule has 0 aliphatic carbocycles. The molecular weight excluding hydrogens is 297 g/mol. The summed E-state index contributed by atoms with van der Waals surface area (Å²) in [6, 6.07) is 5.71. The Bertz CT molecular complexity index is 594. The minimum absolute atomic E-state index is 0.0797. The summed E-state index contributed by atoms with van der Waals surface area (Å²) in [5, 5.41) is 0. The van der Waals surface area contributed by atoms with E-state index in [0.717, 1.165) is 12.8 Å². The van der Waals surface area contributed by atoms with Crippen LogP contribution in [0.3, 0.4) is 0 Å². The van der Waals surface area contributed by atoms with Crippen LogP contribution < -0.4 is 0 Å². The maximum absolute atomic E-state index is 13.8. The molecule has 0 N–H and O–H groups in total. The van der Waals surface area contributed by atoms with E-state index in [9.17, 15) is 14.0 Å². The SMILES string of the molecule is CC(C(=O)c1ccccc1F)C1CCCN1C(=O)OC(C)(C)C. The van der Waals surface area contributed by atoms with Crippen molar-refractivity contribution in [1.29, 1.82) is 0 Å². The third kappa shape index (κ3) is 4.09. The van der Waals surface area contributed by atoms with Crippen LogP contribution in [0.15, 0.2) is 24.3 Å². The minimum Gasteiger partial charge on any atom is -0.444 e. The van der Waals surface area contributed by atoms with Gasteiger partial charge in [-0.05, 0) is 45.7 Å². The van der Waals surface area contributed by atoms with Crippen molar-refractivity contribution < 1.29 is 18.7 Å². The van der Waals surface area contributed by atoms with Crippen LogP contribution in [0.2, 0.25) is 0 Å². The molecule has 1 aliphatic rings. The van der Waals surface area contributed by atoms with E-state index in [1.807, 2.05) is 20.8 Å². The zero-order valence-electron chi connectivity index (χ0n) is 14.1. The number of Topliss-reactive ketones (excluding diaryl/α,β-unsaturated/α-hetero) is 1. The predicted octanol–water partition coefficient (Wildman–Crippen LogP) is 4.04. The van der Waals surface area contributed by atoms with Gasteiger partial charge in [-0.25, -0.2) is 9.18 Å². The molecular formula is C18H24FNO3. The molecule has 0 radical (unpaired) electrons. The zero-order valence-corrected chi connectivity index (χ0v) is 14.1. The van der Waals surface area contributed by atoms with E-state index in [4.69, 9.17) is 4.74 Å². The molecule has 1 amide bonds. The Morgan fingerprint density at radius 2 is 1.96 bits per heavy atom. The van der Waals surface area contributed by atoms with Gasteiger partial charge in [0.2, 0.25) is 0 Å². The lowest BCUT2D eigenvalue weighted by atomic mass is 9.91. The molecule has 1 aromatic carbocycles. The van der Waals surface area contributed by atoms with E-state index in [-0.39, 0.29) is 17.4 Å². The second kappa shape index (κ2) is 6.69. The number of carbonyl (C=O) groups excluding carboxylic acids is 2. The normalized spacial score (nSPS) is 19.5. The molecule has 0 aromatic heterocycles. The molecule has 0 bridgehead atoms. The summed E-state index contributed by atoms with van der Waals surface area (Å²) in [5.74, 6) is -1.27. The number of benzene rings is 1. The first-order valence-electron chi connectivity index (χ1n) is 7.99. The van der Waals surface area contributed by atoms with Crippen LogP contribution in [0, 0.1) is 11.7 Å². The number of hydrogen-bond donors (Lipinski definition) is 0. The molecule has 2 rings (SSSR count). The van der Waals surface area contributed by atoms with Gasteiger partial charge < -0.3 is 9.64 Å². The van der Waals surface area contributed by atoms with Crippen LogP contribution in [0.25, 0.3) is 0 Å². The summed E-state index contributed by atoms with van der Waals surface area (Å²) in [6.45, 7) is 7.74. The highest BCUT2D eigenvalue weighted by Gasteiger charge is 2.38. The monoisotopic (exact) mass is 321 g/mol. The van der Waals surface area contributed by atoms with E-state index in [1.54, 1.807) is 24.0 Å². The summed E-state index contributed by atoms with van der Waals surface area (Å²) in [4.78, 5) is 26.5. The van der Waals surface area contributed by atoms with Crippen molar-refractivity contribution in [1.82, 2.24) is 4.90 Å². The van der Waals surface area contributed by atoms with Gasteiger partial charge >= 0.3 is 6.09 Å². The van der Waals surface area contributed by atoms with Crippen molar-refractivity contribution in [3.63, 3.8) is 0 Å². The van der Waals surface area contributed by atoms with Crippen LogP contribution in [0.4, 0.5) is 9.18 Å². The number of carbonyl (C=O) groups is 2. The van der Waals surface area contributed by atoms with Gasteiger partial charge in [0.05, 0.1) is 5.56 Å². The smallest absolute Gasteiger partial charge is 0.410 e. The molecule has 2 unspecified atom stereocenters. The molecule has 1 aliphatic heterocycles. The number of amides is 1. The molecule has 2 atom stereocenters. The third-order valence-corrected chi connectivity index (χ3v) is 4.06. The van der Waals surface area contributed by atoms with Gasteiger partial charge in [0.25, 0.3) is 0 Å². The second-order valence-corrected chi connectivity index (χ2v) is 7.02. The molecule has 0 saturated carbocycles. The van der Waals surface area contributed by atoms with Crippen LogP contribution in [0.1, 0.15) is 50.9 Å². The van der Waals surface area contributed by atoms with Crippen LogP contribution >= 0.6 is 0 Å². The highest BCUT2D eigenvalue weighted by atomic mass is 19.1. The highest BCUT2D eigenvalue weighted by molar-refractivity contribution is 5.98. The van der Waals surface area contributed by atoms with E-state index >= 15 is 0 Å². The number of ketones is 1. The average Bonchev–Trinajstić information content (AvgIpc) is 2.94. The van der Waals surface area contributed by atoms with Crippen molar-refractivity contribution in [3.8, 4) is 0 Å². The Morgan fingerprint density at radius 1 is 1.30 bits per heavy atom. The molecule has 1 heterocycles. The number of ether oxygens (including phenoxy) is 1. The number of halogens is 1. The van der Waals surface area contributed by atoms with Crippen molar-refractivity contribution in [2.75, 3.05) is 6.54 Å². The Labute approximate surface area is 136 Å². The van der Waals surface area contributed by atoms with Crippen molar-refractivity contribution in [3.05, 3.63) is 35.6 Å². The van der Waals surface area contributed by atoms with Crippen LogP contribution in [0.5, 0.6) is 0 Å². The molecule has 1 fully saturated rings. The van der Waals surface area contributed by atoms with Crippen molar-refractivity contribution in [2.24, 2.45) is 5.92 Å². The first-order valence-corrected chi connectivity index (χ1v) is 7.99. The van der Waals surface area contributed by atoms with E-state index in [0.29, 0.717) is 6.54 Å². The van der Waals surface area contributed by atoms with Gasteiger partial charge in [0, 0.05) is 18.5 Å². The average molecular weight is 321 g/mol. The lowest BCUT2D eigenvalue weighted by Gasteiger charge is -2.31. The van der Waals surface area contributed by atoms with Gasteiger partial charge in [-0.15, -0.1) is 0 Å². The fraction of sp³-hybridized carbons (Fsp3) is 0.556. The minimum atomic E-state index is -0.580. The Balaban J connectivity index is 2.14. The maximum Gasteiger partial charge on any atom is 0.410 e. The fourth-order valence-electron chi connectivity index (χ4n) is 2.94. The Morgan fingerprint density at radius 3 is 2.57 bits per heavy atom. The zero-order chi connectivity index (χ0) is 17.2. The van der Waals surface area contributed by atoms with E-state index in [2.05, 4.69) is 0 Å². The van der Waals surface area contributed by atoms with Gasteiger partial charge in [0.15, 0.2) is 5.78 Å². The number of rotatable bonds is 3. The number of nitrogens with zero attached hydrogens (tertiary/aromatic N) is 1.